The fourth-order valence-electron chi connectivity index (χ4n) is 11.0. The Kier molecular flexibility index (Phi) is 9.15. The summed E-state index contributed by atoms with van der Waals surface area (Å²) in [7, 11) is 0. The largest absolute Gasteiger partial charge is 0.463 e. The zero-order valence-electron chi connectivity index (χ0n) is 26.4. The first kappa shape index (κ1) is 30.5. The second-order valence-electron chi connectivity index (χ2n) is 14.7. The first-order chi connectivity index (χ1) is 19.6. The average Bonchev–Trinajstić information content (AvgIpc) is 3.56. The van der Waals surface area contributed by atoms with Crippen molar-refractivity contribution in [2.45, 2.75) is 137 Å². The maximum Gasteiger partial charge on any atom is 0.302 e. The van der Waals surface area contributed by atoms with E-state index in [9.17, 15) is 9.59 Å². The van der Waals surface area contributed by atoms with Gasteiger partial charge in [-0.15, -0.1) is 10.2 Å². The van der Waals surface area contributed by atoms with Gasteiger partial charge in [-0.1, -0.05) is 52.2 Å². The molecule has 230 valence electrons. The fraction of sp³-hybridized carbons (Fsp3) is 0.909. The summed E-state index contributed by atoms with van der Waals surface area (Å²) in [6.45, 7) is 13.0. The second kappa shape index (κ2) is 12.3. The van der Waals surface area contributed by atoms with Gasteiger partial charge in [-0.2, -0.15) is 5.21 Å². The summed E-state index contributed by atoms with van der Waals surface area (Å²) in [4.78, 5) is 24.4. The summed E-state index contributed by atoms with van der Waals surface area (Å²) in [5, 5.41) is 14.4. The lowest BCUT2D eigenvalue weighted by atomic mass is 9.41. The Morgan fingerprint density at radius 3 is 2.37 bits per heavy atom. The van der Waals surface area contributed by atoms with Crippen LogP contribution in [0.25, 0.3) is 0 Å². The van der Waals surface area contributed by atoms with E-state index in [1.807, 2.05) is 0 Å². The number of aromatic nitrogens is 4. The third-order valence-corrected chi connectivity index (χ3v) is 12.7. The molecule has 1 unspecified atom stereocenters. The van der Waals surface area contributed by atoms with Crippen molar-refractivity contribution >= 4 is 11.9 Å². The van der Waals surface area contributed by atoms with Gasteiger partial charge < -0.3 is 9.47 Å². The van der Waals surface area contributed by atoms with Gasteiger partial charge in [0.2, 0.25) is 0 Å². The van der Waals surface area contributed by atoms with Gasteiger partial charge in [0, 0.05) is 26.2 Å². The highest BCUT2D eigenvalue weighted by atomic mass is 16.5. The van der Waals surface area contributed by atoms with Crippen molar-refractivity contribution in [1.82, 2.24) is 20.6 Å². The number of aryl methyl sites for hydroxylation is 1. The summed E-state index contributed by atoms with van der Waals surface area (Å²) in [6.07, 6.45) is 14.7. The third kappa shape index (κ3) is 5.82. The Morgan fingerprint density at radius 2 is 1.68 bits per heavy atom. The van der Waals surface area contributed by atoms with E-state index in [1.54, 1.807) is 6.92 Å². The van der Waals surface area contributed by atoms with Crippen LogP contribution in [0.5, 0.6) is 0 Å². The minimum absolute atomic E-state index is 0.00747. The van der Waals surface area contributed by atoms with Crippen LogP contribution >= 0.6 is 0 Å². The highest BCUT2D eigenvalue weighted by molar-refractivity contribution is 5.66. The number of tetrazole rings is 1. The SMILES string of the molecule is CC[C@H]1[C@@H](OC(C)=O)[C@@H]2[C@H](CC[C@]3(C)C([C@H](C)CCCCCc4nn[nH]n4)CC[C@@H]23)[C@@]2(C)CC[C@@H](OC(C)=O)C[C@@H]12. The molecule has 1 aromatic rings. The lowest BCUT2D eigenvalue weighted by Gasteiger charge is -2.65. The molecule has 0 radical (unpaired) electrons. The van der Waals surface area contributed by atoms with E-state index < -0.39 is 0 Å². The molecule has 1 N–H and O–H groups in total. The summed E-state index contributed by atoms with van der Waals surface area (Å²) in [5.41, 5.74) is 0.516. The van der Waals surface area contributed by atoms with E-state index in [0.717, 1.165) is 50.3 Å². The smallest absolute Gasteiger partial charge is 0.302 e. The van der Waals surface area contributed by atoms with Crippen molar-refractivity contribution in [3.63, 3.8) is 0 Å². The Bertz CT molecular complexity index is 1050. The molecule has 0 bridgehead atoms. The zero-order valence-corrected chi connectivity index (χ0v) is 26.4. The van der Waals surface area contributed by atoms with Gasteiger partial charge >= 0.3 is 11.9 Å². The predicted octanol–water partition coefficient (Wildman–Crippen LogP) is 6.71. The number of esters is 2. The number of fused-ring (bicyclic) bond motifs is 5. The number of nitrogens with one attached hydrogen (secondary N) is 1. The number of carbonyl (C=O) groups excluding carboxylic acids is 2. The van der Waals surface area contributed by atoms with E-state index in [4.69, 9.17) is 9.47 Å². The molecule has 0 spiro atoms. The summed E-state index contributed by atoms with van der Waals surface area (Å²) in [6, 6.07) is 0. The van der Waals surface area contributed by atoms with Gasteiger partial charge in [0.15, 0.2) is 5.82 Å². The molecule has 4 aliphatic rings. The molecule has 4 fully saturated rings. The van der Waals surface area contributed by atoms with E-state index in [1.165, 1.54) is 51.9 Å². The molecular weight excluding hydrogens is 516 g/mol. The Hall–Kier alpha value is -1.99. The number of unbranched alkanes of at least 4 members (excludes halogenated alkanes) is 2. The summed E-state index contributed by atoms with van der Waals surface area (Å²) < 4.78 is 12.1. The van der Waals surface area contributed by atoms with Gasteiger partial charge in [-0.25, -0.2) is 0 Å². The van der Waals surface area contributed by atoms with E-state index in [0.29, 0.717) is 40.9 Å². The van der Waals surface area contributed by atoms with Crippen LogP contribution in [0, 0.1) is 52.3 Å². The Balaban J connectivity index is 1.32. The van der Waals surface area contributed by atoms with Gasteiger partial charge in [0.1, 0.15) is 12.2 Å². The number of carbonyl (C=O) groups is 2. The van der Waals surface area contributed by atoms with Crippen LogP contribution in [-0.4, -0.2) is 44.8 Å². The Labute approximate surface area is 246 Å². The summed E-state index contributed by atoms with van der Waals surface area (Å²) >= 11 is 0. The third-order valence-electron chi connectivity index (χ3n) is 12.7. The minimum Gasteiger partial charge on any atom is -0.463 e. The van der Waals surface area contributed by atoms with Gasteiger partial charge in [-0.3, -0.25) is 9.59 Å². The van der Waals surface area contributed by atoms with Crippen LogP contribution in [0.2, 0.25) is 0 Å². The zero-order chi connectivity index (χ0) is 29.4. The number of hydrogen-bond donors (Lipinski definition) is 1. The monoisotopic (exact) mass is 570 g/mol. The first-order valence-corrected chi connectivity index (χ1v) is 16.6. The van der Waals surface area contributed by atoms with Crippen molar-refractivity contribution in [3.8, 4) is 0 Å². The molecule has 8 heteroatoms. The number of H-pyrrole nitrogens is 1. The van der Waals surface area contributed by atoms with E-state index in [2.05, 4.69) is 48.3 Å². The fourth-order valence-corrected chi connectivity index (χ4v) is 11.0. The van der Waals surface area contributed by atoms with Crippen LogP contribution in [0.15, 0.2) is 0 Å². The first-order valence-electron chi connectivity index (χ1n) is 16.6. The molecule has 8 nitrogen and oxygen atoms in total. The topological polar surface area (TPSA) is 107 Å². The quantitative estimate of drug-likeness (QED) is 0.246. The van der Waals surface area contributed by atoms with Crippen molar-refractivity contribution in [1.29, 1.82) is 0 Å². The van der Waals surface area contributed by atoms with Gasteiger partial charge in [-0.05, 0) is 104 Å². The lowest BCUT2D eigenvalue weighted by Crippen LogP contribution is -2.63. The molecule has 1 heterocycles. The molecule has 41 heavy (non-hydrogen) atoms. The summed E-state index contributed by atoms with van der Waals surface area (Å²) in [5.74, 6) is 4.27. The maximum atomic E-state index is 12.6. The van der Waals surface area contributed by atoms with Crippen molar-refractivity contribution in [3.05, 3.63) is 5.82 Å². The number of rotatable bonds is 10. The molecule has 0 aliphatic heterocycles. The van der Waals surface area contributed by atoms with Gasteiger partial charge in [0.05, 0.1) is 0 Å². The van der Waals surface area contributed by atoms with Crippen LogP contribution in [0.1, 0.15) is 124 Å². The molecule has 4 saturated carbocycles. The molecule has 0 saturated heterocycles. The normalized spacial score (nSPS) is 40.6. The number of aromatic amines is 1. The lowest BCUT2D eigenvalue weighted by molar-refractivity contribution is -0.219. The molecule has 0 aromatic carbocycles. The standard InChI is InChI=1S/C33H54N4O4/c1-7-24-28-19-23(40-21(3)38)15-17-33(28,6)27-16-18-32(5)25(13-14-26(32)30(27)31(24)41-22(4)39)20(2)11-9-8-10-12-29-34-36-37-35-29/h20,23-28,30-31H,7-19H2,1-6H3,(H,34,35,36,37)/t20-,23-,24-,25?,26+,27+,28+,30+,31-,32-,33-/m1/s1. The molecule has 11 atom stereocenters. The molecular formula is C33H54N4O4. The minimum atomic E-state index is -0.177. The highest BCUT2D eigenvalue weighted by Crippen LogP contribution is 2.70. The molecule has 5 rings (SSSR count). The van der Waals surface area contributed by atoms with Crippen molar-refractivity contribution in [2.75, 3.05) is 0 Å². The van der Waals surface area contributed by atoms with Crippen molar-refractivity contribution < 1.29 is 19.1 Å². The van der Waals surface area contributed by atoms with Crippen LogP contribution in [0.4, 0.5) is 0 Å². The average molecular weight is 571 g/mol. The number of ether oxygens (including phenoxy) is 2. The molecule has 4 aliphatic carbocycles. The van der Waals surface area contributed by atoms with Crippen molar-refractivity contribution in [2.24, 2.45) is 52.3 Å². The number of hydrogen-bond acceptors (Lipinski definition) is 7. The van der Waals surface area contributed by atoms with E-state index >= 15 is 0 Å². The predicted molar refractivity (Wildman–Crippen MR) is 156 cm³/mol. The molecule has 0 amide bonds. The Morgan fingerprint density at radius 1 is 0.951 bits per heavy atom. The van der Waals surface area contributed by atoms with Crippen LogP contribution in [-0.2, 0) is 25.5 Å². The second-order valence-corrected chi connectivity index (χ2v) is 14.7. The van der Waals surface area contributed by atoms with Gasteiger partial charge in [0.25, 0.3) is 0 Å². The van der Waals surface area contributed by atoms with Crippen LogP contribution < -0.4 is 0 Å². The number of nitrogens with zero attached hydrogens (tertiary/aromatic N) is 3. The molecule has 1 aromatic heterocycles. The van der Waals surface area contributed by atoms with Crippen LogP contribution in [0.3, 0.4) is 0 Å². The highest BCUT2D eigenvalue weighted by Gasteiger charge is 2.66. The van der Waals surface area contributed by atoms with E-state index in [-0.39, 0.29) is 29.6 Å². The maximum absolute atomic E-state index is 12.6.